The quantitative estimate of drug-likeness (QED) is 0.559. The molecule has 5 rings (SSSR count). The molecule has 2 saturated heterocycles. The Kier molecular flexibility index (Phi) is 4.06. The Labute approximate surface area is 155 Å². The Morgan fingerprint density at radius 1 is 1.22 bits per heavy atom. The van der Waals surface area contributed by atoms with Crippen LogP contribution in [0.1, 0.15) is 31.9 Å². The number of imidazole rings is 1. The molecule has 0 amide bonds. The van der Waals surface area contributed by atoms with Crippen LogP contribution in [-0.4, -0.2) is 78.0 Å². The average Bonchev–Trinajstić information content (AvgIpc) is 3.33. The highest BCUT2D eigenvalue weighted by molar-refractivity contribution is 5.82. The number of rotatable bonds is 4. The lowest BCUT2D eigenvalue weighted by molar-refractivity contribution is -0.0562. The van der Waals surface area contributed by atoms with Crippen molar-refractivity contribution >= 4 is 17.0 Å². The Balaban J connectivity index is 1.40. The van der Waals surface area contributed by atoms with E-state index in [0.29, 0.717) is 23.6 Å². The van der Waals surface area contributed by atoms with Crippen LogP contribution < -0.4 is 5.32 Å². The average molecular weight is 377 g/mol. The largest absolute Gasteiger partial charge is 0.394 e. The maximum absolute atomic E-state index is 10.3. The number of nitrogens with zero attached hydrogens (tertiary/aromatic N) is 4. The van der Waals surface area contributed by atoms with Crippen LogP contribution in [0, 0.1) is 0 Å². The lowest BCUT2D eigenvalue weighted by Gasteiger charge is -2.37. The fourth-order valence-corrected chi connectivity index (χ4v) is 4.30. The second-order valence-electron chi connectivity index (χ2n) is 7.67. The fraction of sp³-hybridized carbons (Fsp3) is 0.706. The molecule has 0 bridgehead atoms. The zero-order valence-electron chi connectivity index (χ0n) is 14.7. The van der Waals surface area contributed by atoms with Gasteiger partial charge in [-0.25, -0.2) is 15.0 Å². The van der Waals surface area contributed by atoms with E-state index >= 15 is 0 Å². The standard InChI is InChI=1S/C17H23N5O5/c23-5-10-12(24)13(25)16(27-10)22-8-20-11-14(18-7-19-15(11)22)21-9-4-17(26-6-9)2-1-3-17/h7-10,12-13,16,23-25H,1-6H2,(H,18,19,21)/t9?,10-,12-,13-,16-/m1/s1. The van der Waals surface area contributed by atoms with Crippen molar-refractivity contribution in [3.05, 3.63) is 12.7 Å². The molecule has 10 nitrogen and oxygen atoms in total. The van der Waals surface area contributed by atoms with E-state index < -0.39 is 24.5 Å². The van der Waals surface area contributed by atoms with Gasteiger partial charge in [0, 0.05) is 0 Å². The van der Waals surface area contributed by atoms with Crippen molar-refractivity contribution in [3.63, 3.8) is 0 Å². The summed E-state index contributed by atoms with van der Waals surface area (Å²) >= 11 is 0. The topological polar surface area (TPSA) is 135 Å². The normalized spacial score (nSPS) is 35.0. The molecule has 0 radical (unpaired) electrons. The predicted octanol–water partition coefficient (Wildman–Crippen LogP) is -0.439. The molecule has 3 fully saturated rings. The molecule has 4 heterocycles. The van der Waals surface area contributed by atoms with Crippen LogP contribution >= 0.6 is 0 Å². The third-order valence-electron chi connectivity index (χ3n) is 5.96. The monoisotopic (exact) mass is 377 g/mol. The van der Waals surface area contributed by atoms with E-state index in [-0.39, 0.29) is 18.2 Å². The van der Waals surface area contributed by atoms with Gasteiger partial charge < -0.3 is 30.1 Å². The Hall–Kier alpha value is -1.85. The zero-order chi connectivity index (χ0) is 18.6. The Morgan fingerprint density at radius 3 is 2.74 bits per heavy atom. The van der Waals surface area contributed by atoms with Gasteiger partial charge in [0.25, 0.3) is 0 Å². The molecular weight excluding hydrogens is 354 g/mol. The van der Waals surface area contributed by atoms with E-state index in [4.69, 9.17) is 9.47 Å². The Bertz CT molecular complexity index is 840. The highest BCUT2D eigenvalue weighted by atomic mass is 16.6. The van der Waals surface area contributed by atoms with Gasteiger partial charge in [0.15, 0.2) is 23.2 Å². The van der Waals surface area contributed by atoms with Crippen molar-refractivity contribution in [1.29, 1.82) is 0 Å². The van der Waals surface area contributed by atoms with Crippen molar-refractivity contribution in [3.8, 4) is 0 Å². The van der Waals surface area contributed by atoms with Crippen molar-refractivity contribution < 1.29 is 24.8 Å². The van der Waals surface area contributed by atoms with E-state index in [2.05, 4.69) is 20.3 Å². The number of aliphatic hydroxyl groups excluding tert-OH is 3. The van der Waals surface area contributed by atoms with Gasteiger partial charge in [-0.3, -0.25) is 4.57 Å². The smallest absolute Gasteiger partial charge is 0.167 e. The summed E-state index contributed by atoms with van der Waals surface area (Å²) < 4.78 is 13.1. The van der Waals surface area contributed by atoms with E-state index in [9.17, 15) is 15.3 Å². The second-order valence-corrected chi connectivity index (χ2v) is 7.67. The van der Waals surface area contributed by atoms with E-state index in [1.807, 2.05) is 0 Å². The number of fused-ring (bicyclic) bond motifs is 1. The van der Waals surface area contributed by atoms with Crippen LogP contribution in [0.2, 0.25) is 0 Å². The first-order chi connectivity index (χ1) is 13.1. The molecule has 1 saturated carbocycles. The van der Waals surface area contributed by atoms with E-state index in [1.54, 1.807) is 4.57 Å². The highest BCUT2D eigenvalue weighted by Gasteiger charge is 2.46. The highest BCUT2D eigenvalue weighted by Crippen LogP contribution is 2.44. The van der Waals surface area contributed by atoms with Gasteiger partial charge in [0.1, 0.15) is 24.6 Å². The number of ether oxygens (including phenoxy) is 2. The van der Waals surface area contributed by atoms with Gasteiger partial charge in [-0.1, -0.05) is 0 Å². The molecule has 10 heteroatoms. The number of hydrogen-bond donors (Lipinski definition) is 4. The summed E-state index contributed by atoms with van der Waals surface area (Å²) in [7, 11) is 0. The van der Waals surface area contributed by atoms with Crippen molar-refractivity contribution in [2.75, 3.05) is 18.5 Å². The maximum atomic E-state index is 10.3. The molecule has 2 aromatic heterocycles. The lowest BCUT2D eigenvalue weighted by atomic mass is 9.77. The van der Waals surface area contributed by atoms with Gasteiger partial charge in [0.2, 0.25) is 0 Å². The van der Waals surface area contributed by atoms with Crippen molar-refractivity contribution in [2.24, 2.45) is 0 Å². The number of anilines is 1. The summed E-state index contributed by atoms with van der Waals surface area (Å²) in [5.41, 5.74) is 1.09. The number of aliphatic hydroxyl groups is 3. The zero-order valence-corrected chi connectivity index (χ0v) is 14.7. The van der Waals surface area contributed by atoms with Gasteiger partial charge in [-0.2, -0.15) is 0 Å². The molecule has 5 atom stereocenters. The summed E-state index contributed by atoms with van der Waals surface area (Å²) in [6.07, 6.45) is 3.25. The number of hydrogen-bond acceptors (Lipinski definition) is 9. The summed E-state index contributed by atoms with van der Waals surface area (Å²) in [5, 5.41) is 33.0. The van der Waals surface area contributed by atoms with Gasteiger partial charge >= 0.3 is 0 Å². The summed E-state index contributed by atoms with van der Waals surface area (Å²) in [4.78, 5) is 13.0. The van der Waals surface area contributed by atoms with E-state index in [1.165, 1.54) is 19.1 Å². The van der Waals surface area contributed by atoms with E-state index in [0.717, 1.165) is 19.3 Å². The second kappa shape index (κ2) is 6.35. The molecule has 4 N–H and O–H groups in total. The first-order valence-electron chi connectivity index (χ1n) is 9.31. The molecule has 27 heavy (non-hydrogen) atoms. The van der Waals surface area contributed by atoms with Crippen LogP contribution in [0.25, 0.3) is 11.2 Å². The maximum Gasteiger partial charge on any atom is 0.167 e. The van der Waals surface area contributed by atoms with Gasteiger partial charge in [-0.15, -0.1) is 0 Å². The first kappa shape index (κ1) is 17.3. The minimum Gasteiger partial charge on any atom is -0.394 e. The SMILES string of the molecule is OC[C@H]1O[C@@H](n2cnc3c(NC4COC5(CCC5)C4)ncnc32)[C@H](O)[C@@H]1O. The minimum atomic E-state index is -1.19. The molecule has 2 aliphatic heterocycles. The van der Waals surface area contributed by atoms with Crippen molar-refractivity contribution in [2.45, 2.75) is 61.9 Å². The Morgan fingerprint density at radius 2 is 2.07 bits per heavy atom. The molecule has 0 aromatic carbocycles. The molecular formula is C17H23N5O5. The predicted molar refractivity (Wildman–Crippen MR) is 92.9 cm³/mol. The third kappa shape index (κ3) is 2.71. The third-order valence-corrected chi connectivity index (χ3v) is 5.96. The van der Waals surface area contributed by atoms with Crippen LogP contribution in [-0.2, 0) is 9.47 Å². The van der Waals surface area contributed by atoms with Crippen LogP contribution in [0.5, 0.6) is 0 Å². The van der Waals surface area contributed by atoms with Crippen molar-refractivity contribution in [1.82, 2.24) is 19.5 Å². The molecule has 1 aliphatic carbocycles. The van der Waals surface area contributed by atoms with Gasteiger partial charge in [-0.05, 0) is 25.7 Å². The molecule has 3 aliphatic rings. The number of nitrogens with one attached hydrogen (secondary N) is 1. The molecule has 1 unspecified atom stereocenters. The van der Waals surface area contributed by atoms with Gasteiger partial charge in [0.05, 0.1) is 31.2 Å². The molecule has 1 spiro atoms. The summed E-state index contributed by atoms with van der Waals surface area (Å²) in [5.74, 6) is 0.607. The molecule has 146 valence electrons. The summed E-state index contributed by atoms with van der Waals surface area (Å²) in [6, 6.07) is 0.169. The van der Waals surface area contributed by atoms with Crippen LogP contribution in [0.4, 0.5) is 5.82 Å². The molecule has 2 aromatic rings. The number of aromatic nitrogens is 4. The van der Waals surface area contributed by atoms with Crippen LogP contribution in [0.3, 0.4) is 0 Å². The lowest BCUT2D eigenvalue weighted by Crippen LogP contribution is -2.36. The summed E-state index contributed by atoms with van der Waals surface area (Å²) in [6.45, 7) is 0.258. The first-order valence-corrected chi connectivity index (χ1v) is 9.31. The minimum absolute atomic E-state index is 0.0421. The fourth-order valence-electron chi connectivity index (χ4n) is 4.30. The van der Waals surface area contributed by atoms with Crippen LogP contribution in [0.15, 0.2) is 12.7 Å².